The first kappa shape index (κ1) is 37.1. The molecule has 2 rings (SSSR count). The Bertz CT molecular complexity index is 1320. The minimum absolute atomic E-state index is 0.0439. The summed E-state index contributed by atoms with van der Waals surface area (Å²) >= 11 is 0. The van der Waals surface area contributed by atoms with Gasteiger partial charge >= 0.3 is 12.2 Å². The Balaban J connectivity index is 1.86. The minimum Gasteiger partial charge on any atom is -0.444 e. The Kier molecular flexibility index (Phi) is 12.6. The molecular weight excluding hydrogens is 572 g/mol. The van der Waals surface area contributed by atoms with Gasteiger partial charge < -0.3 is 25.4 Å². The largest absolute Gasteiger partial charge is 0.444 e. The molecule has 2 aromatic carbocycles. The van der Waals surface area contributed by atoms with Gasteiger partial charge in [-0.15, -0.1) is 0 Å². The quantitative estimate of drug-likeness (QED) is 0.187. The highest BCUT2D eigenvalue weighted by Crippen LogP contribution is 2.39. The highest BCUT2D eigenvalue weighted by molar-refractivity contribution is 6.07. The van der Waals surface area contributed by atoms with Gasteiger partial charge in [0.05, 0.1) is 11.4 Å². The Labute approximate surface area is 268 Å². The number of nitrogens with one attached hydrogen (secondary N) is 4. The lowest BCUT2D eigenvalue weighted by atomic mass is 9.71. The number of anilines is 3. The minimum atomic E-state index is -0.657. The zero-order valence-electron chi connectivity index (χ0n) is 28.6. The summed E-state index contributed by atoms with van der Waals surface area (Å²) in [6.45, 7) is 20.0. The van der Waals surface area contributed by atoms with Crippen LogP contribution in [0.5, 0.6) is 0 Å². The number of amides is 4. The van der Waals surface area contributed by atoms with Crippen molar-refractivity contribution >= 4 is 41.1 Å². The summed E-state index contributed by atoms with van der Waals surface area (Å²) < 4.78 is 10.6. The average Bonchev–Trinajstić information content (AvgIpc) is 2.86. The van der Waals surface area contributed by atoms with Crippen LogP contribution in [0.15, 0.2) is 48.5 Å². The van der Waals surface area contributed by atoms with Crippen LogP contribution in [0.1, 0.15) is 105 Å². The molecule has 0 aliphatic carbocycles. The van der Waals surface area contributed by atoms with Crippen molar-refractivity contribution in [3.05, 3.63) is 54.1 Å². The molecule has 0 aromatic heterocycles. The maximum atomic E-state index is 12.9. The van der Waals surface area contributed by atoms with Crippen molar-refractivity contribution in [2.24, 2.45) is 10.8 Å². The second kappa shape index (κ2) is 15.3. The average molecular weight is 625 g/mol. The number of hydrogen-bond donors (Lipinski definition) is 4. The first-order valence-corrected chi connectivity index (χ1v) is 15.4. The lowest BCUT2D eigenvalue weighted by molar-refractivity contribution is -0.116. The van der Waals surface area contributed by atoms with E-state index in [0.717, 1.165) is 12.8 Å². The van der Waals surface area contributed by atoms with E-state index in [4.69, 9.17) is 9.47 Å². The van der Waals surface area contributed by atoms with Crippen LogP contribution < -0.4 is 21.3 Å². The standard InChI is InChI=1S/C35H52N4O6/c1-32(2,3)44-30(42)36-22-21-35(9,10)23-34(7,8)20-19-28(40)37-25-17-15-24(16-18-25)29(41)38-26-13-11-12-14-27(26)39-31(43)45-33(4,5)6/h11-18H,19-23H2,1-10H3,(H,36,42)(H,37,40)(H,38,41)(H,39,43). The molecule has 10 heteroatoms. The number of para-hydroxylation sites is 2. The first-order valence-electron chi connectivity index (χ1n) is 15.4. The number of hydrogen-bond acceptors (Lipinski definition) is 6. The fourth-order valence-electron chi connectivity index (χ4n) is 4.98. The topological polar surface area (TPSA) is 135 Å². The van der Waals surface area contributed by atoms with Crippen molar-refractivity contribution in [3.8, 4) is 0 Å². The van der Waals surface area contributed by atoms with Gasteiger partial charge in [0, 0.05) is 24.2 Å². The molecule has 0 heterocycles. The van der Waals surface area contributed by atoms with Crippen LogP contribution in [0.4, 0.5) is 26.7 Å². The van der Waals surface area contributed by atoms with Gasteiger partial charge in [-0.05, 0) is 108 Å². The molecule has 10 nitrogen and oxygen atoms in total. The molecule has 0 fully saturated rings. The summed E-state index contributed by atoms with van der Waals surface area (Å²) in [6.07, 6.45) is 1.67. The summed E-state index contributed by atoms with van der Waals surface area (Å²) in [4.78, 5) is 49.9. The molecule has 2 aromatic rings. The molecule has 45 heavy (non-hydrogen) atoms. The van der Waals surface area contributed by atoms with E-state index in [0.29, 0.717) is 42.0 Å². The lowest BCUT2D eigenvalue weighted by Gasteiger charge is -2.35. The second-order valence-electron chi connectivity index (χ2n) is 14.9. The number of rotatable bonds is 12. The zero-order chi connectivity index (χ0) is 34.1. The highest BCUT2D eigenvalue weighted by atomic mass is 16.6. The molecule has 0 radical (unpaired) electrons. The molecule has 0 unspecified atom stereocenters. The molecule has 4 N–H and O–H groups in total. The van der Waals surface area contributed by atoms with Crippen molar-refractivity contribution in [1.82, 2.24) is 5.32 Å². The van der Waals surface area contributed by atoms with E-state index in [1.807, 2.05) is 20.8 Å². The summed E-state index contributed by atoms with van der Waals surface area (Å²) in [5.74, 6) is -0.469. The van der Waals surface area contributed by atoms with Gasteiger partial charge in [0.25, 0.3) is 5.91 Å². The Hall–Kier alpha value is -4.08. The molecule has 0 saturated carbocycles. The van der Waals surface area contributed by atoms with Crippen LogP contribution >= 0.6 is 0 Å². The Morgan fingerprint density at radius 2 is 1.13 bits per heavy atom. The number of ether oxygens (including phenoxy) is 2. The van der Waals surface area contributed by atoms with Crippen molar-refractivity contribution in [3.63, 3.8) is 0 Å². The van der Waals surface area contributed by atoms with Gasteiger partial charge in [-0.2, -0.15) is 0 Å². The third-order valence-electron chi connectivity index (χ3n) is 6.70. The van der Waals surface area contributed by atoms with E-state index < -0.39 is 23.4 Å². The Morgan fingerprint density at radius 3 is 1.69 bits per heavy atom. The summed E-state index contributed by atoms with van der Waals surface area (Å²) in [7, 11) is 0. The van der Waals surface area contributed by atoms with Gasteiger partial charge in [-0.3, -0.25) is 14.9 Å². The fraction of sp³-hybridized carbons (Fsp3) is 0.543. The first-order chi connectivity index (χ1) is 20.6. The summed E-state index contributed by atoms with van der Waals surface area (Å²) in [5, 5.41) is 11.2. The molecule has 248 valence electrons. The number of benzene rings is 2. The maximum absolute atomic E-state index is 12.9. The van der Waals surface area contributed by atoms with Crippen LogP contribution in [0.25, 0.3) is 0 Å². The van der Waals surface area contributed by atoms with Crippen molar-refractivity contribution in [2.75, 3.05) is 22.5 Å². The van der Waals surface area contributed by atoms with E-state index in [-0.39, 0.29) is 22.6 Å². The normalized spacial score (nSPS) is 12.1. The van der Waals surface area contributed by atoms with Gasteiger partial charge in [-0.25, -0.2) is 9.59 Å². The van der Waals surface area contributed by atoms with Gasteiger partial charge in [0.1, 0.15) is 11.2 Å². The van der Waals surface area contributed by atoms with E-state index in [1.54, 1.807) is 69.3 Å². The third kappa shape index (κ3) is 15.0. The van der Waals surface area contributed by atoms with E-state index in [1.165, 1.54) is 0 Å². The molecule has 0 aliphatic rings. The molecule has 0 atom stereocenters. The van der Waals surface area contributed by atoms with Crippen LogP contribution in [-0.4, -0.2) is 41.7 Å². The fourth-order valence-corrected chi connectivity index (χ4v) is 4.98. The molecule has 0 aliphatic heterocycles. The van der Waals surface area contributed by atoms with Crippen molar-refractivity contribution in [1.29, 1.82) is 0 Å². The zero-order valence-corrected chi connectivity index (χ0v) is 28.6. The second-order valence-corrected chi connectivity index (χ2v) is 14.9. The molecule has 4 amide bonds. The molecule has 0 bridgehead atoms. The van der Waals surface area contributed by atoms with E-state index in [9.17, 15) is 19.2 Å². The van der Waals surface area contributed by atoms with Crippen LogP contribution in [0.2, 0.25) is 0 Å². The summed E-state index contributed by atoms with van der Waals surface area (Å²) in [6, 6.07) is 13.5. The predicted octanol–water partition coefficient (Wildman–Crippen LogP) is 8.36. The van der Waals surface area contributed by atoms with Gasteiger partial charge in [-0.1, -0.05) is 39.8 Å². The highest BCUT2D eigenvalue weighted by Gasteiger charge is 2.29. The maximum Gasteiger partial charge on any atom is 0.412 e. The predicted molar refractivity (Wildman–Crippen MR) is 180 cm³/mol. The summed E-state index contributed by atoms with van der Waals surface area (Å²) in [5.41, 5.74) is 0.495. The third-order valence-corrected chi connectivity index (χ3v) is 6.70. The number of carbonyl (C=O) groups excluding carboxylic acids is 4. The lowest BCUT2D eigenvalue weighted by Crippen LogP contribution is -2.35. The van der Waals surface area contributed by atoms with Crippen LogP contribution in [0.3, 0.4) is 0 Å². The van der Waals surface area contributed by atoms with E-state index >= 15 is 0 Å². The smallest absolute Gasteiger partial charge is 0.412 e. The Morgan fingerprint density at radius 1 is 0.622 bits per heavy atom. The monoisotopic (exact) mass is 624 g/mol. The molecule has 0 spiro atoms. The SMILES string of the molecule is CC(C)(CCNC(=O)OC(C)(C)C)CC(C)(C)CCC(=O)Nc1ccc(C(=O)Nc2ccccc2NC(=O)OC(C)(C)C)cc1. The van der Waals surface area contributed by atoms with Gasteiger partial charge in [0.15, 0.2) is 0 Å². The molecule has 0 saturated heterocycles. The van der Waals surface area contributed by atoms with E-state index in [2.05, 4.69) is 49.0 Å². The van der Waals surface area contributed by atoms with Gasteiger partial charge in [0.2, 0.25) is 5.91 Å². The van der Waals surface area contributed by atoms with Crippen LogP contribution in [0, 0.1) is 10.8 Å². The molecular formula is C35H52N4O6. The van der Waals surface area contributed by atoms with Crippen molar-refractivity contribution < 1.29 is 28.7 Å². The van der Waals surface area contributed by atoms with Crippen molar-refractivity contribution in [2.45, 2.75) is 106 Å². The van der Waals surface area contributed by atoms with Crippen LogP contribution in [-0.2, 0) is 14.3 Å². The number of alkyl carbamates (subject to hydrolysis) is 1. The number of carbonyl (C=O) groups is 4.